The van der Waals surface area contributed by atoms with E-state index in [9.17, 15) is 4.79 Å². The van der Waals surface area contributed by atoms with Crippen LogP contribution in [0, 0.1) is 6.92 Å². The van der Waals surface area contributed by atoms with E-state index >= 15 is 0 Å². The Balaban J connectivity index is 1.87. The zero-order chi connectivity index (χ0) is 15.9. The van der Waals surface area contributed by atoms with E-state index in [1.807, 2.05) is 54.5 Å². The van der Waals surface area contributed by atoms with Crippen LogP contribution in [-0.2, 0) is 6.54 Å². The lowest BCUT2D eigenvalue weighted by atomic mass is 10.2. The Morgan fingerprint density at radius 3 is 2.68 bits per heavy atom. The number of thiazole rings is 1. The lowest BCUT2D eigenvalue weighted by Crippen LogP contribution is -2.40. The molecule has 0 unspecified atom stereocenters. The average Bonchev–Trinajstić information content (AvgIpc) is 2.97. The minimum absolute atomic E-state index is 0.0218. The van der Waals surface area contributed by atoms with Gasteiger partial charge in [-0.2, -0.15) is 0 Å². The fraction of sp³-hybridized carbons (Fsp3) is 0.412. The maximum absolute atomic E-state index is 12.3. The first-order valence-electron chi connectivity index (χ1n) is 7.59. The Kier molecular flexibility index (Phi) is 5.95. The van der Waals surface area contributed by atoms with Crippen molar-refractivity contribution in [3.63, 3.8) is 0 Å². The van der Waals surface area contributed by atoms with Crippen LogP contribution in [0.3, 0.4) is 0 Å². The highest BCUT2D eigenvalue weighted by atomic mass is 32.1. The van der Waals surface area contributed by atoms with Crippen molar-refractivity contribution in [3.8, 4) is 0 Å². The molecule has 118 valence electrons. The lowest BCUT2D eigenvalue weighted by Gasteiger charge is -2.22. The highest BCUT2D eigenvalue weighted by molar-refractivity contribution is 7.09. The maximum atomic E-state index is 12.3. The molecule has 1 heterocycles. The topological polar surface area (TPSA) is 45.2 Å². The summed E-state index contributed by atoms with van der Waals surface area (Å²) in [5, 5.41) is 6.13. The molecule has 5 heteroatoms. The molecule has 0 saturated heterocycles. The van der Waals surface area contributed by atoms with Crippen LogP contribution in [0.4, 0.5) is 4.79 Å². The summed E-state index contributed by atoms with van der Waals surface area (Å²) in [5.41, 5.74) is 2.18. The minimum atomic E-state index is -0.0218. The number of hydrogen-bond acceptors (Lipinski definition) is 3. The number of benzene rings is 1. The Morgan fingerprint density at radius 2 is 2.09 bits per heavy atom. The second-order valence-electron chi connectivity index (χ2n) is 5.41. The minimum Gasteiger partial charge on any atom is -0.337 e. The third-order valence-corrected chi connectivity index (χ3v) is 4.70. The molecule has 0 bridgehead atoms. The van der Waals surface area contributed by atoms with E-state index in [1.165, 1.54) is 0 Å². The molecule has 1 atom stereocenters. The van der Waals surface area contributed by atoms with Gasteiger partial charge in [0.15, 0.2) is 0 Å². The molecule has 1 aromatic heterocycles. The summed E-state index contributed by atoms with van der Waals surface area (Å²) in [6, 6.07) is 10.0. The second kappa shape index (κ2) is 7.94. The van der Waals surface area contributed by atoms with Crippen LogP contribution < -0.4 is 5.32 Å². The van der Waals surface area contributed by atoms with Crippen LogP contribution in [0.2, 0.25) is 0 Å². The molecule has 0 saturated carbocycles. The summed E-state index contributed by atoms with van der Waals surface area (Å²) in [6.07, 6.45) is 0. The van der Waals surface area contributed by atoms with E-state index in [-0.39, 0.29) is 11.9 Å². The molecule has 22 heavy (non-hydrogen) atoms. The molecule has 0 radical (unpaired) electrons. The molecule has 2 amide bonds. The van der Waals surface area contributed by atoms with Gasteiger partial charge >= 0.3 is 6.03 Å². The number of aromatic nitrogens is 1. The van der Waals surface area contributed by atoms with Crippen molar-refractivity contribution in [1.82, 2.24) is 15.2 Å². The van der Waals surface area contributed by atoms with Crippen molar-refractivity contribution in [1.29, 1.82) is 0 Å². The van der Waals surface area contributed by atoms with E-state index in [4.69, 9.17) is 0 Å². The summed E-state index contributed by atoms with van der Waals surface area (Å²) in [5.74, 6) is 0.234. The van der Waals surface area contributed by atoms with Gasteiger partial charge < -0.3 is 10.2 Å². The first kappa shape index (κ1) is 16.5. The lowest BCUT2D eigenvalue weighted by molar-refractivity contribution is 0.197. The second-order valence-corrected chi connectivity index (χ2v) is 6.30. The molecule has 0 aliphatic heterocycles. The fourth-order valence-electron chi connectivity index (χ4n) is 2.17. The maximum Gasteiger partial charge on any atom is 0.317 e. The van der Waals surface area contributed by atoms with Gasteiger partial charge in [-0.3, -0.25) is 0 Å². The molecule has 2 rings (SSSR count). The molecular weight excluding hydrogens is 294 g/mol. The van der Waals surface area contributed by atoms with Crippen molar-refractivity contribution in [2.75, 3.05) is 13.1 Å². The van der Waals surface area contributed by atoms with Gasteiger partial charge in [0.1, 0.15) is 0 Å². The molecule has 2 aromatic rings. The van der Waals surface area contributed by atoms with Gasteiger partial charge in [-0.05, 0) is 19.4 Å². The van der Waals surface area contributed by atoms with Crippen molar-refractivity contribution >= 4 is 17.4 Å². The quantitative estimate of drug-likeness (QED) is 0.881. The van der Waals surface area contributed by atoms with Crippen molar-refractivity contribution < 1.29 is 4.79 Å². The zero-order valence-corrected chi connectivity index (χ0v) is 14.2. The smallest absolute Gasteiger partial charge is 0.317 e. The molecule has 0 spiro atoms. The number of carbonyl (C=O) groups is 1. The Bertz CT molecular complexity index is 597. The number of nitrogens with one attached hydrogen (secondary N) is 1. The predicted molar refractivity (Wildman–Crippen MR) is 91.2 cm³/mol. The third kappa shape index (κ3) is 4.56. The van der Waals surface area contributed by atoms with Gasteiger partial charge in [-0.15, -0.1) is 11.3 Å². The molecule has 0 aliphatic carbocycles. The average molecular weight is 317 g/mol. The Labute approximate surface area is 136 Å². The first-order valence-corrected chi connectivity index (χ1v) is 8.46. The number of urea groups is 1. The molecular formula is C17H23N3OS. The largest absolute Gasteiger partial charge is 0.337 e. The number of amides is 2. The molecule has 0 aliphatic rings. The third-order valence-electron chi connectivity index (χ3n) is 3.50. The summed E-state index contributed by atoms with van der Waals surface area (Å²) >= 11 is 1.65. The van der Waals surface area contributed by atoms with Gasteiger partial charge in [-0.25, -0.2) is 9.78 Å². The SMILES string of the molecule is CCN(Cc1ccccc1)C(=O)NC[C@H](C)c1nc(C)cs1. The number of nitrogens with zero attached hydrogens (tertiary/aromatic N) is 2. The van der Waals surface area contributed by atoms with E-state index < -0.39 is 0 Å². The van der Waals surface area contributed by atoms with Gasteiger partial charge in [0.05, 0.1) is 5.01 Å². The normalized spacial score (nSPS) is 12.0. The highest BCUT2D eigenvalue weighted by Gasteiger charge is 2.15. The van der Waals surface area contributed by atoms with Gasteiger partial charge in [-0.1, -0.05) is 37.3 Å². The number of hydrogen-bond donors (Lipinski definition) is 1. The van der Waals surface area contributed by atoms with Gasteiger partial charge in [0, 0.05) is 36.6 Å². The molecule has 0 fully saturated rings. The summed E-state index contributed by atoms with van der Waals surface area (Å²) < 4.78 is 0. The van der Waals surface area contributed by atoms with Gasteiger partial charge in [0.25, 0.3) is 0 Å². The zero-order valence-electron chi connectivity index (χ0n) is 13.4. The molecule has 1 aromatic carbocycles. The van der Waals surface area contributed by atoms with Crippen LogP contribution in [-0.4, -0.2) is 29.0 Å². The van der Waals surface area contributed by atoms with Crippen LogP contribution in [0.5, 0.6) is 0 Å². The molecule has 4 nitrogen and oxygen atoms in total. The highest BCUT2D eigenvalue weighted by Crippen LogP contribution is 2.19. The molecule has 1 N–H and O–H groups in total. The monoisotopic (exact) mass is 317 g/mol. The van der Waals surface area contributed by atoms with E-state index in [0.717, 1.165) is 16.3 Å². The first-order chi connectivity index (χ1) is 10.6. The van der Waals surface area contributed by atoms with Crippen LogP contribution >= 0.6 is 11.3 Å². The Hall–Kier alpha value is -1.88. The summed E-state index contributed by atoms with van der Waals surface area (Å²) in [6.45, 7) is 8.00. The van der Waals surface area contributed by atoms with Crippen LogP contribution in [0.15, 0.2) is 35.7 Å². The van der Waals surface area contributed by atoms with E-state index in [0.29, 0.717) is 19.6 Å². The Morgan fingerprint density at radius 1 is 1.36 bits per heavy atom. The fourth-order valence-corrected chi connectivity index (χ4v) is 3.03. The number of aryl methyl sites for hydroxylation is 1. The number of carbonyl (C=O) groups excluding carboxylic acids is 1. The van der Waals surface area contributed by atoms with E-state index in [2.05, 4.69) is 17.2 Å². The van der Waals surface area contributed by atoms with E-state index in [1.54, 1.807) is 11.3 Å². The predicted octanol–water partition coefficient (Wildman–Crippen LogP) is 3.79. The summed E-state index contributed by atoms with van der Waals surface area (Å²) in [4.78, 5) is 18.6. The number of rotatable bonds is 6. The van der Waals surface area contributed by atoms with Crippen molar-refractivity contribution in [3.05, 3.63) is 52.0 Å². The van der Waals surface area contributed by atoms with Gasteiger partial charge in [0.2, 0.25) is 0 Å². The van der Waals surface area contributed by atoms with Crippen molar-refractivity contribution in [2.24, 2.45) is 0 Å². The van der Waals surface area contributed by atoms with Crippen LogP contribution in [0.25, 0.3) is 0 Å². The van der Waals surface area contributed by atoms with Crippen LogP contribution in [0.1, 0.15) is 36.0 Å². The standard InChI is InChI=1S/C17H23N3OS/c1-4-20(11-15-8-6-5-7-9-15)17(21)18-10-13(2)16-19-14(3)12-22-16/h5-9,12-13H,4,10-11H2,1-3H3,(H,18,21)/t13-/m0/s1. The van der Waals surface area contributed by atoms with Crippen molar-refractivity contribution in [2.45, 2.75) is 33.2 Å². The summed E-state index contributed by atoms with van der Waals surface area (Å²) in [7, 11) is 0.